The van der Waals surface area contributed by atoms with Gasteiger partial charge in [-0.05, 0) is 25.1 Å². The minimum absolute atomic E-state index is 0.669. The molecule has 0 radical (unpaired) electrons. The second-order valence-electron chi connectivity index (χ2n) is 4.53. The average molecular weight is 285 g/mol. The quantitative estimate of drug-likeness (QED) is 0.795. The van der Waals surface area contributed by atoms with Gasteiger partial charge in [-0.2, -0.15) is 0 Å². The number of benzene rings is 1. The van der Waals surface area contributed by atoms with Gasteiger partial charge in [0.2, 0.25) is 0 Å². The zero-order valence-electron chi connectivity index (χ0n) is 11.4. The maximum Gasteiger partial charge on any atom is 0.122 e. The van der Waals surface area contributed by atoms with E-state index in [1.54, 1.807) is 18.4 Å². The Kier molecular flexibility index (Phi) is 3.52. The van der Waals surface area contributed by atoms with Gasteiger partial charge in [-0.25, -0.2) is 4.98 Å². The van der Waals surface area contributed by atoms with Crippen molar-refractivity contribution >= 4 is 27.2 Å². The lowest BCUT2D eigenvalue weighted by molar-refractivity contribution is 0.413. The largest absolute Gasteiger partial charge is 0.497 e. The van der Waals surface area contributed by atoms with Crippen molar-refractivity contribution in [3.05, 3.63) is 47.2 Å². The Morgan fingerprint density at radius 3 is 3.00 bits per heavy atom. The van der Waals surface area contributed by atoms with Gasteiger partial charge in [-0.3, -0.25) is 4.98 Å². The number of rotatable bonds is 4. The fraction of sp³-hybridized carbons (Fsp3) is 0.200. The molecule has 5 heteroatoms. The van der Waals surface area contributed by atoms with Crippen molar-refractivity contribution in [3.63, 3.8) is 0 Å². The zero-order valence-corrected chi connectivity index (χ0v) is 12.2. The molecule has 3 aromatic rings. The van der Waals surface area contributed by atoms with Gasteiger partial charge in [0.15, 0.2) is 0 Å². The number of fused-ring (bicyclic) bond motifs is 1. The molecule has 0 aliphatic rings. The van der Waals surface area contributed by atoms with Crippen molar-refractivity contribution < 1.29 is 4.74 Å². The highest BCUT2D eigenvalue weighted by Crippen LogP contribution is 2.22. The number of methoxy groups -OCH3 is 1. The van der Waals surface area contributed by atoms with Gasteiger partial charge in [-0.1, -0.05) is 0 Å². The molecule has 0 saturated heterocycles. The molecule has 2 aromatic heterocycles. The summed E-state index contributed by atoms with van der Waals surface area (Å²) in [5, 5.41) is 3.38. The number of hydrogen-bond donors (Lipinski definition) is 1. The molecule has 0 unspecified atom stereocenters. The van der Waals surface area contributed by atoms with E-state index in [4.69, 9.17) is 4.74 Å². The van der Waals surface area contributed by atoms with Crippen LogP contribution in [-0.2, 0) is 6.54 Å². The Morgan fingerprint density at radius 2 is 2.15 bits per heavy atom. The second kappa shape index (κ2) is 5.46. The molecule has 1 N–H and O–H groups in total. The van der Waals surface area contributed by atoms with E-state index in [1.807, 2.05) is 36.7 Å². The summed E-state index contributed by atoms with van der Waals surface area (Å²) in [4.78, 5) is 8.77. The Labute approximate surface area is 121 Å². The summed E-state index contributed by atoms with van der Waals surface area (Å²) in [6.07, 6.45) is 0. The molecule has 0 atom stereocenters. The van der Waals surface area contributed by atoms with E-state index in [-0.39, 0.29) is 0 Å². The minimum atomic E-state index is 0.669. The maximum atomic E-state index is 5.26. The van der Waals surface area contributed by atoms with E-state index in [1.165, 1.54) is 4.70 Å². The lowest BCUT2D eigenvalue weighted by Gasteiger charge is -2.08. The van der Waals surface area contributed by atoms with Gasteiger partial charge >= 0.3 is 0 Å². The molecule has 102 valence electrons. The lowest BCUT2D eigenvalue weighted by atomic mass is 10.2. The van der Waals surface area contributed by atoms with Crippen molar-refractivity contribution in [2.24, 2.45) is 0 Å². The number of aryl methyl sites for hydroxylation is 1. The number of nitrogens with one attached hydrogen (secondary N) is 1. The van der Waals surface area contributed by atoms with Crippen LogP contribution in [0.5, 0.6) is 5.75 Å². The van der Waals surface area contributed by atoms with Gasteiger partial charge < -0.3 is 10.1 Å². The molecule has 4 nitrogen and oxygen atoms in total. The second-order valence-corrected chi connectivity index (χ2v) is 5.41. The molecule has 0 fully saturated rings. The number of aromatic nitrogens is 2. The molecule has 0 amide bonds. The molecule has 3 rings (SSSR count). The van der Waals surface area contributed by atoms with Gasteiger partial charge in [-0.15, -0.1) is 11.3 Å². The van der Waals surface area contributed by atoms with Crippen LogP contribution in [-0.4, -0.2) is 17.1 Å². The summed E-state index contributed by atoms with van der Waals surface area (Å²) in [6.45, 7) is 2.64. The lowest BCUT2D eigenvalue weighted by Crippen LogP contribution is -2.03. The van der Waals surface area contributed by atoms with Gasteiger partial charge in [0.05, 0.1) is 35.1 Å². The van der Waals surface area contributed by atoms with E-state index < -0.39 is 0 Å². The number of hydrogen-bond acceptors (Lipinski definition) is 5. The van der Waals surface area contributed by atoms with Gasteiger partial charge in [0.25, 0.3) is 0 Å². The topological polar surface area (TPSA) is 47.0 Å². The number of nitrogens with zero attached hydrogens (tertiary/aromatic N) is 2. The van der Waals surface area contributed by atoms with Crippen LogP contribution in [0.25, 0.3) is 10.2 Å². The van der Waals surface area contributed by atoms with Crippen LogP contribution < -0.4 is 10.1 Å². The minimum Gasteiger partial charge on any atom is -0.497 e. The first kappa shape index (κ1) is 12.9. The summed E-state index contributed by atoms with van der Waals surface area (Å²) < 4.78 is 6.45. The third-order valence-corrected chi connectivity index (χ3v) is 3.81. The highest BCUT2D eigenvalue weighted by atomic mass is 32.1. The number of ether oxygens (including phenoxy) is 1. The number of thiazole rings is 1. The smallest absolute Gasteiger partial charge is 0.122 e. The molecule has 2 heterocycles. The third kappa shape index (κ3) is 2.72. The van der Waals surface area contributed by atoms with Crippen LogP contribution in [0.15, 0.2) is 35.8 Å². The normalized spacial score (nSPS) is 10.7. The summed E-state index contributed by atoms with van der Waals surface area (Å²) in [5.74, 6) is 0.840. The van der Waals surface area contributed by atoms with Crippen LogP contribution in [0.4, 0.5) is 5.69 Å². The number of anilines is 1. The maximum absolute atomic E-state index is 5.26. The first-order valence-corrected chi connectivity index (χ1v) is 7.21. The summed E-state index contributed by atoms with van der Waals surface area (Å²) in [6, 6.07) is 10.0. The SMILES string of the molecule is COc1cc(C)nc(CNc2ccc3ncsc3c2)c1. The monoisotopic (exact) mass is 285 g/mol. The molecular formula is C15H15N3OS. The Bertz CT molecular complexity index is 739. The fourth-order valence-corrected chi connectivity index (χ4v) is 2.79. The van der Waals surface area contributed by atoms with Crippen LogP contribution in [0, 0.1) is 6.92 Å². The summed E-state index contributed by atoms with van der Waals surface area (Å²) in [5.41, 5.74) is 5.90. The van der Waals surface area contributed by atoms with Crippen LogP contribution in [0.1, 0.15) is 11.4 Å². The zero-order chi connectivity index (χ0) is 13.9. The first-order valence-electron chi connectivity index (χ1n) is 6.33. The Morgan fingerprint density at radius 1 is 1.25 bits per heavy atom. The molecule has 20 heavy (non-hydrogen) atoms. The van der Waals surface area contributed by atoms with Crippen molar-refractivity contribution in [2.75, 3.05) is 12.4 Å². The predicted octanol–water partition coefficient (Wildman–Crippen LogP) is 3.62. The molecule has 1 aromatic carbocycles. The van der Waals surface area contributed by atoms with Crippen molar-refractivity contribution in [1.29, 1.82) is 0 Å². The fourth-order valence-electron chi connectivity index (χ4n) is 2.07. The van der Waals surface area contributed by atoms with E-state index in [0.29, 0.717) is 6.54 Å². The van der Waals surface area contributed by atoms with Gasteiger partial charge in [0.1, 0.15) is 5.75 Å². The van der Waals surface area contributed by atoms with E-state index >= 15 is 0 Å². The Hall–Kier alpha value is -2.14. The van der Waals surface area contributed by atoms with Crippen LogP contribution in [0.3, 0.4) is 0 Å². The Balaban J connectivity index is 1.76. The van der Waals surface area contributed by atoms with E-state index in [2.05, 4.69) is 21.4 Å². The highest BCUT2D eigenvalue weighted by Gasteiger charge is 2.02. The van der Waals surface area contributed by atoms with Crippen LogP contribution >= 0.6 is 11.3 Å². The molecule has 0 saturated carbocycles. The summed E-state index contributed by atoms with van der Waals surface area (Å²) in [7, 11) is 1.67. The average Bonchev–Trinajstić information content (AvgIpc) is 2.92. The molecule has 0 spiro atoms. The molecule has 0 aliphatic heterocycles. The summed E-state index contributed by atoms with van der Waals surface area (Å²) >= 11 is 1.64. The van der Waals surface area contributed by atoms with Gasteiger partial charge in [0, 0.05) is 23.5 Å². The highest BCUT2D eigenvalue weighted by molar-refractivity contribution is 7.16. The first-order chi connectivity index (χ1) is 9.74. The molecule has 0 bridgehead atoms. The molecular weight excluding hydrogens is 270 g/mol. The van der Waals surface area contributed by atoms with Crippen molar-refractivity contribution in [2.45, 2.75) is 13.5 Å². The standard InChI is InChI=1S/C15H15N3OS/c1-10-5-13(19-2)6-12(18-10)8-16-11-3-4-14-15(7-11)20-9-17-14/h3-7,9,16H,8H2,1-2H3. The van der Waals surface area contributed by atoms with E-state index in [9.17, 15) is 0 Å². The van der Waals surface area contributed by atoms with Crippen molar-refractivity contribution in [3.8, 4) is 5.75 Å². The van der Waals surface area contributed by atoms with Crippen LogP contribution in [0.2, 0.25) is 0 Å². The number of pyridine rings is 1. The van der Waals surface area contributed by atoms with E-state index in [0.717, 1.165) is 28.3 Å². The molecule has 0 aliphatic carbocycles. The third-order valence-electron chi connectivity index (χ3n) is 3.02. The predicted molar refractivity (Wildman–Crippen MR) is 82.5 cm³/mol. The van der Waals surface area contributed by atoms with Crippen molar-refractivity contribution in [1.82, 2.24) is 9.97 Å².